The molecular weight excluding hydrogens is 214 g/mol. The standard InChI is InChI=1S/C10H15NOS2/c1-2-3-4-7-10-11-9(12)6-5-8-13-14-10/h5,8H,2-4,6-7H2,1H3/b8-5-,11-10?. The highest BCUT2D eigenvalue weighted by molar-refractivity contribution is 8.83. The summed E-state index contributed by atoms with van der Waals surface area (Å²) < 4.78 is 0. The van der Waals surface area contributed by atoms with E-state index in [0.717, 1.165) is 17.9 Å². The predicted molar refractivity (Wildman–Crippen MR) is 65.5 cm³/mol. The summed E-state index contributed by atoms with van der Waals surface area (Å²) in [5.74, 6) is -0.0134. The lowest BCUT2D eigenvalue weighted by Gasteiger charge is -2.04. The van der Waals surface area contributed by atoms with Crippen molar-refractivity contribution in [2.45, 2.75) is 39.0 Å². The lowest BCUT2D eigenvalue weighted by molar-refractivity contribution is -0.116. The number of unbranched alkanes of at least 4 members (excludes halogenated alkanes) is 2. The van der Waals surface area contributed by atoms with Gasteiger partial charge in [0.05, 0.1) is 5.04 Å². The first-order valence-electron chi connectivity index (χ1n) is 4.91. The number of carbonyl (C=O) groups is 1. The number of aliphatic imine (C=N–C) groups is 1. The molecule has 0 aromatic heterocycles. The number of hydrogen-bond acceptors (Lipinski definition) is 3. The zero-order valence-corrected chi connectivity index (χ0v) is 10.00. The van der Waals surface area contributed by atoms with Gasteiger partial charge in [-0.1, -0.05) is 36.6 Å². The van der Waals surface area contributed by atoms with Gasteiger partial charge in [-0.05, 0) is 29.0 Å². The lowest BCUT2D eigenvalue weighted by atomic mass is 10.2. The third-order valence-corrected chi connectivity index (χ3v) is 3.92. The second kappa shape index (κ2) is 7.12. The number of nitrogens with zero attached hydrogens (tertiary/aromatic N) is 1. The van der Waals surface area contributed by atoms with Gasteiger partial charge in [0.2, 0.25) is 5.91 Å². The molecule has 0 atom stereocenters. The van der Waals surface area contributed by atoms with Gasteiger partial charge in [0, 0.05) is 6.42 Å². The monoisotopic (exact) mass is 229 g/mol. The first kappa shape index (κ1) is 11.9. The summed E-state index contributed by atoms with van der Waals surface area (Å²) in [4.78, 5) is 15.3. The van der Waals surface area contributed by atoms with Crippen molar-refractivity contribution in [3.8, 4) is 0 Å². The minimum absolute atomic E-state index is 0.0134. The molecular formula is C10H15NOS2. The lowest BCUT2D eigenvalue weighted by Crippen LogP contribution is -1.99. The molecule has 0 fully saturated rings. The molecule has 14 heavy (non-hydrogen) atoms. The van der Waals surface area contributed by atoms with Crippen molar-refractivity contribution in [3.63, 3.8) is 0 Å². The van der Waals surface area contributed by atoms with E-state index in [2.05, 4.69) is 11.9 Å². The van der Waals surface area contributed by atoms with Crippen molar-refractivity contribution in [2.75, 3.05) is 0 Å². The second-order valence-corrected chi connectivity index (χ2v) is 5.29. The molecule has 0 radical (unpaired) electrons. The highest BCUT2D eigenvalue weighted by Crippen LogP contribution is 2.28. The molecule has 2 nitrogen and oxygen atoms in total. The minimum atomic E-state index is -0.0134. The Hall–Kier alpha value is -0.220. The molecule has 1 rings (SSSR count). The van der Waals surface area contributed by atoms with Crippen LogP contribution < -0.4 is 0 Å². The Kier molecular flexibility index (Phi) is 6.03. The Morgan fingerprint density at radius 1 is 1.50 bits per heavy atom. The zero-order chi connectivity index (χ0) is 10.2. The summed E-state index contributed by atoms with van der Waals surface area (Å²) in [6.07, 6.45) is 6.83. The van der Waals surface area contributed by atoms with Crippen LogP contribution in [-0.4, -0.2) is 11.0 Å². The summed E-state index contributed by atoms with van der Waals surface area (Å²) in [6, 6.07) is 0. The average Bonchev–Trinajstić information content (AvgIpc) is 2.13. The third-order valence-electron chi connectivity index (χ3n) is 1.83. The van der Waals surface area contributed by atoms with Gasteiger partial charge in [0.15, 0.2) is 0 Å². The highest BCUT2D eigenvalue weighted by Gasteiger charge is 2.06. The van der Waals surface area contributed by atoms with E-state index in [1.54, 1.807) is 21.6 Å². The molecule has 0 aliphatic carbocycles. The molecule has 1 aliphatic rings. The number of carbonyl (C=O) groups excluding carboxylic acids is 1. The Labute approximate surface area is 93.0 Å². The Morgan fingerprint density at radius 3 is 3.14 bits per heavy atom. The van der Waals surface area contributed by atoms with Crippen LogP contribution in [0.5, 0.6) is 0 Å². The summed E-state index contributed by atoms with van der Waals surface area (Å²) in [6.45, 7) is 2.18. The van der Waals surface area contributed by atoms with Crippen LogP contribution in [0.3, 0.4) is 0 Å². The first-order chi connectivity index (χ1) is 6.83. The van der Waals surface area contributed by atoms with Crippen LogP contribution in [0.4, 0.5) is 0 Å². The van der Waals surface area contributed by atoms with Crippen molar-refractivity contribution in [3.05, 3.63) is 11.5 Å². The van der Waals surface area contributed by atoms with Gasteiger partial charge < -0.3 is 0 Å². The molecule has 0 N–H and O–H groups in total. The van der Waals surface area contributed by atoms with E-state index in [1.807, 2.05) is 11.5 Å². The van der Waals surface area contributed by atoms with Crippen LogP contribution in [0.25, 0.3) is 0 Å². The quantitative estimate of drug-likeness (QED) is 0.542. The van der Waals surface area contributed by atoms with E-state index in [-0.39, 0.29) is 5.91 Å². The largest absolute Gasteiger partial charge is 0.272 e. The molecule has 1 amide bonds. The fourth-order valence-electron chi connectivity index (χ4n) is 1.10. The van der Waals surface area contributed by atoms with E-state index < -0.39 is 0 Å². The van der Waals surface area contributed by atoms with Crippen LogP contribution in [0.1, 0.15) is 39.0 Å². The van der Waals surface area contributed by atoms with E-state index >= 15 is 0 Å². The van der Waals surface area contributed by atoms with Crippen molar-refractivity contribution >= 4 is 32.5 Å². The SMILES string of the molecule is CCCCCC1=NC(=O)C/C=C\SS1. The molecule has 4 heteroatoms. The smallest absolute Gasteiger partial charge is 0.250 e. The number of amides is 1. The van der Waals surface area contributed by atoms with Gasteiger partial charge in [0.1, 0.15) is 0 Å². The van der Waals surface area contributed by atoms with Crippen molar-refractivity contribution in [1.29, 1.82) is 0 Å². The summed E-state index contributed by atoms with van der Waals surface area (Å²) in [5.41, 5.74) is 0. The normalized spacial score (nSPS) is 19.8. The van der Waals surface area contributed by atoms with E-state index in [0.29, 0.717) is 6.42 Å². The molecule has 0 spiro atoms. The summed E-state index contributed by atoms with van der Waals surface area (Å²) in [5, 5.41) is 2.95. The third kappa shape index (κ3) is 4.86. The van der Waals surface area contributed by atoms with Gasteiger partial charge in [-0.3, -0.25) is 4.79 Å². The fourth-order valence-corrected chi connectivity index (χ4v) is 2.90. The molecule has 1 heterocycles. The summed E-state index contributed by atoms with van der Waals surface area (Å²) >= 11 is 0. The van der Waals surface area contributed by atoms with Crippen molar-refractivity contribution in [1.82, 2.24) is 0 Å². The molecule has 0 aromatic carbocycles. The van der Waals surface area contributed by atoms with Gasteiger partial charge in [-0.25, -0.2) is 4.99 Å². The van der Waals surface area contributed by atoms with E-state index in [1.165, 1.54) is 12.8 Å². The topological polar surface area (TPSA) is 29.4 Å². The Balaban J connectivity index is 2.40. The van der Waals surface area contributed by atoms with Crippen molar-refractivity contribution < 1.29 is 4.79 Å². The minimum Gasteiger partial charge on any atom is -0.272 e. The van der Waals surface area contributed by atoms with Gasteiger partial charge in [-0.2, -0.15) is 0 Å². The van der Waals surface area contributed by atoms with Crippen LogP contribution in [-0.2, 0) is 4.79 Å². The van der Waals surface area contributed by atoms with Crippen LogP contribution >= 0.6 is 21.6 Å². The molecule has 0 saturated heterocycles. The predicted octanol–water partition coefficient (Wildman–Crippen LogP) is 3.79. The molecule has 0 saturated carbocycles. The average molecular weight is 229 g/mol. The highest BCUT2D eigenvalue weighted by atomic mass is 33.1. The molecule has 0 bridgehead atoms. The summed E-state index contributed by atoms with van der Waals surface area (Å²) in [7, 11) is 3.26. The van der Waals surface area contributed by atoms with Crippen LogP contribution in [0.2, 0.25) is 0 Å². The molecule has 1 aliphatic heterocycles. The second-order valence-electron chi connectivity index (χ2n) is 3.11. The van der Waals surface area contributed by atoms with E-state index in [9.17, 15) is 4.79 Å². The fraction of sp³-hybridized carbons (Fsp3) is 0.600. The number of rotatable bonds is 4. The maximum absolute atomic E-state index is 11.2. The maximum Gasteiger partial charge on any atom is 0.250 e. The Morgan fingerprint density at radius 2 is 2.36 bits per heavy atom. The molecule has 78 valence electrons. The van der Waals surface area contributed by atoms with Crippen LogP contribution in [0.15, 0.2) is 16.5 Å². The van der Waals surface area contributed by atoms with Gasteiger partial charge in [-0.15, -0.1) is 0 Å². The zero-order valence-electron chi connectivity index (χ0n) is 8.36. The maximum atomic E-state index is 11.2. The van der Waals surface area contributed by atoms with Crippen LogP contribution in [0, 0.1) is 0 Å². The van der Waals surface area contributed by atoms with Gasteiger partial charge >= 0.3 is 0 Å². The van der Waals surface area contributed by atoms with E-state index in [4.69, 9.17) is 0 Å². The number of hydrogen-bond donors (Lipinski definition) is 0. The molecule has 0 aromatic rings. The molecule has 0 unspecified atom stereocenters. The Bertz CT molecular complexity index is 249. The first-order valence-corrected chi connectivity index (χ1v) is 7.13. The van der Waals surface area contributed by atoms with Gasteiger partial charge in [0.25, 0.3) is 0 Å². The van der Waals surface area contributed by atoms with Crippen molar-refractivity contribution in [2.24, 2.45) is 4.99 Å².